The summed E-state index contributed by atoms with van der Waals surface area (Å²) < 4.78 is 11.0. The third-order valence-corrected chi connectivity index (χ3v) is 3.74. The van der Waals surface area contributed by atoms with Gasteiger partial charge in [-0.25, -0.2) is 0 Å². The Balaban J connectivity index is 2.82. The second-order valence-corrected chi connectivity index (χ2v) is 5.75. The smallest absolute Gasteiger partial charge is 0.123 e. The fourth-order valence-corrected chi connectivity index (χ4v) is 2.23. The Bertz CT molecular complexity index is 390. The van der Waals surface area contributed by atoms with Gasteiger partial charge in [0, 0.05) is 18.7 Å². The van der Waals surface area contributed by atoms with Crippen LogP contribution in [0.2, 0.25) is 0 Å². The molecule has 1 aromatic carbocycles. The van der Waals surface area contributed by atoms with E-state index in [1.807, 2.05) is 12.1 Å². The molecule has 3 nitrogen and oxygen atoms in total. The standard InChI is InChI=1S/C17H29NO2/c1-6-13-18-15(11-12-17(2,3)20-5)14-9-7-8-10-16(14)19-4/h7-10,15,18H,6,11-13H2,1-5H3. The maximum absolute atomic E-state index is 5.53. The molecule has 0 bridgehead atoms. The molecule has 0 aliphatic carbocycles. The van der Waals surface area contributed by atoms with Crippen LogP contribution in [-0.2, 0) is 4.74 Å². The van der Waals surface area contributed by atoms with E-state index in [4.69, 9.17) is 9.47 Å². The average molecular weight is 279 g/mol. The van der Waals surface area contributed by atoms with Gasteiger partial charge in [0.2, 0.25) is 0 Å². The molecule has 0 spiro atoms. The van der Waals surface area contributed by atoms with Gasteiger partial charge < -0.3 is 14.8 Å². The first-order valence-electron chi connectivity index (χ1n) is 7.45. The molecule has 1 aromatic rings. The van der Waals surface area contributed by atoms with Crippen LogP contribution >= 0.6 is 0 Å². The number of ether oxygens (including phenoxy) is 2. The predicted molar refractivity (Wildman–Crippen MR) is 84.4 cm³/mol. The molecule has 0 aliphatic heterocycles. The molecule has 0 fully saturated rings. The molecule has 0 aromatic heterocycles. The summed E-state index contributed by atoms with van der Waals surface area (Å²) in [7, 11) is 3.51. The van der Waals surface area contributed by atoms with E-state index >= 15 is 0 Å². The Morgan fingerprint density at radius 2 is 1.90 bits per heavy atom. The third kappa shape index (κ3) is 5.14. The molecule has 0 amide bonds. The minimum atomic E-state index is -0.0891. The van der Waals surface area contributed by atoms with Gasteiger partial charge in [-0.1, -0.05) is 25.1 Å². The van der Waals surface area contributed by atoms with Crippen LogP contribution in [0.15, 0.2) is 24.3 Å². The molecule has 0 saturated carbocycles. The van der Waals surface area contributed by atoms with Crippen molar-refractivity contribution in [2.24, 2.45) is 0 Å². The summed E-state index contributed by atoms with van der Waals surface area (Å²) in [6.07, 6.45) is 3.16. The Kier molecular flexibility index (Phi) is 7.03. The largest absolute Gasteiger partial charge is 0.496 e. The monoisotopic (exact) mass is 279 g/mol. The summed E-state index contributed by atoms with van der Waals surface area (Å²) in [6.45, 7) is 7.46. The Morgan fingerprint density at radius 3 is 2.50 bits per heavy atom. The van der Waals surface area contributed by atoms with Crippen LogP contribution < -0.4 is 10.1 Å². The lowest BCUT2D eigenvalue weighted by Crippen LogP contribution is -2.28. The number of rotatable bonds is 9. The lowest BCUT2D eigenvalue weighted by Gasteiger charge is -2.27. The first kappa shape index (κ1) is 17.0. The van der Waals surface area contributed by atoms with E-state index in [2.05, 4.69) is 38.2 Å². The summed E-state index contributed by atoms with van der Waals surface area (Å²) in [5.41, 5.74) is 1.14. The maximum Gasteiger partial charge on any atom is 0.123 e. The van der Waals surface area contributed by atoms with Gasteiger partial charge in [-0.3, -0.25) is 0 Å². The quantitative estimate of drug-likeness (QED) is 0.742. The van der Waals surface area contributed by atoms with Gasteiger partial charge in [-0.2, -0.15) is 0 Å². The zero-order valence-electron chi connectivity index (χ0n) is 13.5. The zero-order valence-corrected chi connectivity index (χ0v) is 13.5. The van der Waals surface area contributed by atoms with E-state index in [0.717, 1.165) is 31.6 Å². The van der Waals surface area contributed by atoms with Crippen LogP contribution in [0.3, 0.4) is 0 Å². The van der Waals surface area contributed by atoms with Gasteiger partial charge >= 0.3 is 0 Å². The van der Waals surface area contributed by atoms with Crippen molar-refractivity contribution in [1.29, 1.82) is 0 Å². The van der Waals surface area contributed by atoms with Crippen LogP contribution in [0.25, 0.3) is 0 Å². The average Bonchev–Trinajstić information content (AvgIpc) is 2.47. The molecular formula is C17H29NO2. The van der Waals surface area contributed by atoms with Gasteiger partial charge in [-0.05, 0) is 45.7 Å². The van der Waals surface area contributed by atoms with E-state index in [1.165, 1.54) is 5.56 Å². The van der Waals surface area contributed by atoms with Crippen molar-refractivity contribution in [1.82, 2.24) is 5.32 Å². The van der Waals surface area contributed by atoms with Gasteiger partial charge in [0.15, 0.2) is 0 Å². The molecule has 1 atom stereocenters. The molecule has 0 radical (unpaired) electrons. The lowest BCUT2D eigenvalue weighted by atomic mass is 9.94. The molecule has 0 heterocycles. The van der Waals surface area contributed by atoms with Crippen LogP contribution in [0.5, 0.6) is 5.75 Å². The Labute approximate surface area is 123 Å². The highest BCUT2D eigenvalue weighted by molar-refractivity contribution is 5.35. The highest BCUT2D eigenvalue weighted by Gasteiger charge is 2.21. The second kappa shape index (κ2) is 8.28. The SMILES string of the molecule is CCCNC(CCC(C)(C)OC)c1ccccc1OC. The zero-order chi connectivity index (χ0) is 15.0. The minimum Gasteiger partial charge on any atom is -0.496 e. The number of hydrogen-bond acceptors (Lipinski definition) is 3. The summed E-state index contributed by atoms with van der Waals surface area (Å²) in [4.78, 5) is 0. The number of para-hydroxylation sites is 1. The second-order valence-electron chi connectivity index (χ2n) is 5.75. The predicted octanol–water partition coefficient (Wildman–Crippen LogP) is 3.94. The summed E-state index contributed by atoms with van der Waals surface area (Å²) in [5.74, 6) is 0.955. The molecule has 20 heavy (non-hydrogen) atoms. The maximum atomic E-state index is 5.53. The number of benzene rings is 1. The van der Waals surface area contributed by atoms with E-state index in [-0.39, 0.29) is 5.60 Å². The Hall–Kier alpha value is -1.06. The summed E-state index contributed by atoms with van der Waals surface area (Å²) in [6, 6.07) is 8.56. The fraction of sp³-hybridized carbons (Fsp3) is 0.647. The Morgan fingerprint density at radius 1 is 1.20 bits per heavy atom. The van der Waals surface area contributed by atoms with Gasteiger partial charge in [-0.15, -0.1) is 0 Å². The van der Waals surface area contributed by atoms with Crippen LogP contribution in [0.1, 0.15) is 51.6 Å². The van der Waals surface area contributed by atoms with Crippen LogP contribution in [0, 0.1) is 0 Å². The summed E-state index contributed by atoms with van der Waals surface area (Å²) >= 11 is 0. The highest BCUT2D eigenvalue weighted by atomic mass is 16.5. The van der Waals surface area contributed by atoms with Gasteiger partial charge in [0.1, 0.15) is 5.75 Å². The molecule has 1 N–H and O–H groups in total. The number of methoxy groups -OCH3 is 2. The van der Waals surface area contributed by atoms with Crippen molar-refractivity contribution in [3.8, 4) is 5.75 Å². The minimum absolute atomic E-state index is 0.0891. The molecule has 3 heteroatoms. The van der Waals surface area contributed by atoms with E-state index in [9.17, 15) is 0 Å². The highest BCUT2D eigenvalue weighted by Crippen LogP contribution is 2.30. The van der Waals surface area contributed by atoms with Gasteiger partial charge in [0.05, 0.1) is 12.7 Å². The first-order chi connectivity index (χ1) is 9.54. The summed E-state index contributed by atoms with van der Waals surface area (Å²) in [5, 5.41) is 3.62. The van der Waals surface area contributed by atoms with Crippen molar-refractivity contribution in [3.63, 3.8) is 0 Å². The van der Waals surface area contributed by atoms with Crippen molar-refractivity contribution in [2.45, 2.75) is 51.7 Å². The van der Waals surface area contributed by atoms with Crippen molar-refractivity contribution in [3.05, 3.63) is 29.8 Å². The van der Waals surface area contributed by atoms with Crippen molar-refractivity contribution in [2.75, 3.05) is 20.8 Å². The van der Waals surface area contributed by atoms with E-state index in [1.54, 1.807) is 14.2 Å². The van der Waals surface area contributed by atoms with Crippen LogP contribution in [-0.4, -0.2) is 26.4 Å². The first-order valence-corrected chi connectivity index (χ1v) is 7.45. The number of hydrogen-bond donors (Lipinski definition) is 1. The van der Waals surface area contributed by atoms with Crippen molar-refractivity contribution < 1.29 is 9.47 Å². The normalized spacial score (nSPS) is 13.2. The lowest BCUT2D eigenvalue weighted by molar-refractivity contribution is 0.0116. The van der Waals surface area contributed by atoms with Crippen molar-refractivity contribution >= 4 is 0 Å². The fourth-order valence-electron chi connectivity index (χ4n) is 2.23. The topological polar surface area (TPSA) is 30.5 Å². The molecule has 1 rings (SSSR count). The number of nitrogens with one attached hydrogen (secondary N) is 1. The van der Waals surface area contributed by atoms with E-state index in [0.29, 0.717) is 6.04 Å². The molecule has 114 valence electrons. The molecule has 0 aliphatic rings. The third-order valence-electron chi connectivity index (χ3n) is 3.74. The van der Waals surface area contributed by atoms with Crippen LogP contribution in [0.4, 0.5) is 0 Å². The van der Waals surface area contributed by atoms with Gasteiger partial charge in [0.25, 0.3) is 0 Å². The van der Waals surface area contributed by atoms with E-state index < -0.39 is 0 Å². The molecule has 1 unspecified atom stereocenters. The molecule has 0 saturated heterocycles. The molecular weight excluding hydrogens is 250 g/mol.